The van der Waals surface area contributed by atoms with Gasteiger partial charge in [-0.25, -0.2) is 14.2 Å². The number of furan rings is 1. The standard InChI is InChI=1S/C25H21FN2O5/c1-31-19-11-8-18(9-12-19)21-15-22(23-7-4-14-32-23)28(27-21)24(29)16-33-25(30)13-10-17-5-2-3-6-20(17)26/h2-14,22H,15-16H2,1H3/b13-10+. The third kappa shape index (κ3) is 5.17. The highest BCUT2D eigenvalue weighted by Gasteiger charge is 2.35. The summed E-state index contributed by atoms with van der Waals surface area (Å²) in [6.45, 7) is -0.517. The smallest absolute Gasteiger partial charge is 0.331 e. The van der Waals surface area contributed by atoms with E-state index in [0.29, 0.717) is 23.6 Å². The van der Waals surface area contributed by atoms with Gasteiger partial charge in [0.25, 0.3) is 5.91 Å². The fourth-order valence-electron chi connectivity index (χ4n) is 3.42. The normalized spacial score (nSPS) is 15.5. The second-order valence-corrected chi connectivity index (χ2v) is 7.21. The Morgan fingerprint density at radius 2 is 1.94 bits per heavy atom. The number of hydrazone groups is 1. The number of carbonyl (C=O) groups excluding carboxylic acids is 2. The van der Waals surface area contributed by atoms with E-state index >= 15 is 0 Å². The molecular weight excluding hydrogens is 427 g/mol. The van der Waals surface area contributed by atoms with Crippen molar-refractivity contribution in [1.82, 2.24) is 5.01 Å². The molecule has 0 fully saturated rings. The molecule has 168 valence electrons. The molecule has 7 nitrogen and oxygen atoms in total. The van der Waals surface area contributed by atoms with Crippen LogP contribution in [0, 0.1) is 5.82 Å². The summed E-state index contributed by atoms with van der Waals surface area (Å²) in [7, 11) is 1.59. The summed E-state index contributed by atoms with van der Waals surface area (Å²) in [6.07, 6.45) is 4.33. The number of halogens is 1. The van der Waals surface area contributed by atoms with E-state index in [0.717, 1.165) is 11.6 Å². The molecule has 3 aromatic rings. The number of rotatable bonds is 7. The fourth-order valence-corrected chi connectivity index (χ4v) is 3.42. The molecule has 1 amide bonds. The quantitative estimate of drug-likeness (QED) is 0.396. The zero-order chi connectivity index (χ0) is 23.2. The maximum atomic E-state index is 13.7. The number of methoxy groups -OCH3 is 1. The van der Waals surface area contributed by atoms with Gasteiger partial charge in [-0.05, 0) is 54.1 Å². The van der Waals surface area contributed by atoms with Crippen LogP contribution in [-0.4, -0.2) is 36.3 Å². The van der Waals surface area contributed by atoms with E-state index in [4.69, 9.17) is 13.9 Å². The molecule has 0 radical (unpaired) electrons. The first-order valence-corrected chi connectivity index (χ1v) is 10.2. The predicted molar refractivity (Wildman–Crippen MR) is 119 cm³/mol. The van der Waals surface area contributed by atoms with Crippen LogP contribution in [0.4, 0.5) is 4.39 Å². The molecular formula is C25H21FN2O5. The zero-order valence-corrected chi connectivity index (χ0v) is 17.8. The van der Waals surface area contributed by atoms with E-state index in [1.165, 1.54) is 29.5 Å². The van der Waals surface area contributed by atoms with Crippen LogP contribution in [0.3, 0.4) is 0 Å². The number of ether oxygens (including phenoxy) is 2. The van der Waals surface area contributed by atoms with Gasteiger partial charge in [-0.1, -0.05) is 18.2 Å². The van der Waals surface area contributed by atoms with Gasteiger partial charge >= 0.3 is 5.97 Å². The number of amides is 1. The van der Waals surface area contributed by atoms with Crippen LogP contribution in [0.2, 0.25) is 0 Å². The minimum atomic E-state index is -0.764. The Balaban J connectivity index is 1.45. The summed E-state index contributed by atoms with van der Waals surface area (Å²) in [5.74, 6) is -0.451. The molecule has 1 unspecified atom stereocenters. The summed E-state index contributed by atoms with van der Waals surface area (Å²) in [4.78, 5) is 24.9. The van der Waals surface area contributed by atoms with Crippen molar-refractivity contribution in [2.75, 3.05) is 13.7 Å². The molecule has 2 heterocycles. The van der Waals surface area contributed by atoms with Gasteiger partial charge in [0.1, 0.15) is 23.4 Å². The molecule has 1 aliphatic heterocycles. The van der Waals surface area contributed by atoms with Crippen molar-refractivity contribution in [1.29, 1.82) is 0 Å². The van der Waals surface area contributed by atoms with Gasteiger partial charge in [0.05, 0.1) is 19.1 Å². The summed E-state index contributed by atoms with van der Waals surface area (Å²) < 4.78 is 29.4. The fraction of sp³-hybridized carbons (Fsp3) is 0.160. The zero-order valence-electron chi connectivity index (χ0n) is 17.8. The lowest BCUT2D eigenvalue weighted by Gasteiger charge is -2.19. The first-order valence-electron chi connectivity index (χ1n) is 10.2. The van der Waals surface area contributed by atoms with Crippen molar-refractivity contribution in [2.45, 2.75) is 12.5 Å². The van der Waals surface area contributed by atoms with Crippen LogP contribution in [0.5, 0.6) is 5.75 Å². The van der Waals surface area contributed by atoms with Gasteiger partial charge in [-0.3, -0.25) is 4.79 Å². The van der Waals surface area contributed by atoms with Gasteiger partial charge in [0, 0.05) is 18.1 Å². The van der Waals surface area contributed by atoms with E-state index in [-0.39, 0.29) is 5.56 Å². The molecule has 2 aromatic carbocycles. The van der Waals surface area contributed by atoms with Crippen molar-refractivity contribution < 1.29 is 27.9 Å². The molecule has 0 saturated carbocycles. The molecule has 0 bridgehead atoms. The van der Waals surface area contributed by atoms with E-state index in [1.54, 1.807) is 31.4 Å². The molecule has 8 heteroatoms. The van der Waals surface area contributed by atoms with Crippen molar-refractivity contribution in [2.24, 2.45) is 5.10 Å². The van der Waals surface area contributed by atoms with Gasteiger partial charge in [0.15, 0.2) is 6.61 Å². The molecule has 0 aliphatic carbocycles. The topological polar surface area (TPSA) is 81.3 Å². The number of esters is 1. The average molecular weight is 448 g/mol. The van der Waals surface area contributed by atoms with Gasteiger partial charge in [0.2, 0.25) is 0 Å². The molecule has 1 aromatic heterocycles. The molecule has 4 rings (SSSR count). The summed E-state index contributed by atoms with van der Waals surface area (Å²) in [5.41, 5.74) is 1.78. The van der Waals surface area contributed by atoms with Crippen LogP contribution >= 0.6 is 0 Å². The van der Waals surface area contributed by atoms with Gasteiger partial charge in [-0.2, -0.15) is 5.10 Å². The minimum Gasteiger partial charge on any atom is -0.497 e. The maximum absolute atomic E-state index is 13.7. The summed E-state index contributed by atoms with van der Waals surface area (Å²) in [5, 5.41) is 5.75. The number of benzene rings is 2. The second kappa shape index (κ2) is 9.95. The largest absolute Gasteiger partial charge is 0.497 e. The lowest BCUT2D eigenvalue weighted by atomic mass is 10.0. The Kier molecular flexibility index (Phi) is 6.64. The lowest BCUT2D eigenvalue weighted by molar-refractivity contribution is -0.149. The Morgan fingerprint density at radius 1 is 1.15 bits per heavy atom. The summed E-state index contributed by atoms with van der Waals surface area (Å²) >= 11 is 0. The highest BCUT2D eigenvalue weighted by atomic mass is 19.1. The number of hydrogen-bond acceptors (Lipinski definition) is 6. The summed E-state index contributed by atoms with van der Waals surface area (Å²) in [6, 6.07) is 16.4. The highest BCUT2D eigenvalue weighted by Crippen LogP contribution is 2.33. The Bertz CT molecular complexity index is 1190. The van der Waals surface area contributed by atoms with Crippen LogP contribution in [-0.2, 0) is 14.3 Å². The lowest BCUT2D eigenvalue weighted by Crippen LogP contribution is -2.31. The predicted octanol–water partition coefficient (Wildman–Crippen LogP) is 4.36. The van der Waals surface area contributed by atoms with Crippen LogP contribution in [0.25, 0.3) is 6.08 Å². The third-order valence-electron chi connectivity index (χ3n) is 5.10. The average Bonchev–Trinajstić information content (AvgIpc) is 3.52. The molecule has 0 N–H and O–H groups in total. The van der Waals surface area contributed by atoms with E-state index in [2.05, 4.69) is 5.10 Å². The monoisotopic (exact) mass is 448 g/mol. The van der Waals surface area contributed by atoms with E-state index in [1.807, 2.05) is 24.3 Å². The highest BCUT2D eigenvalue weighted by molar-refractivity contribution is 6.03. The second-order valence-electron chi connectivity index (χ2n) is 7.21. The van der Waals surface area contributed by atoms with Crippen molar-refractivity contribution in [3.8, 4) is 5.75 Å². The first kappa shape index (κ1) is 22.0. The minimum absolute atomic E-state index is 0.243. The maximum Gasteiger partial charge on any atom is 0.331 e. The van der Waals surface area contributed by atoms with Gasteiger partial charge < -0.3 is 13.9 Å². The third-order valence-corrected chi connectivity index (χ3v) is 5.10. The molecule has 0 spiro atoms. The number of hydrogen-bond donors (Lipinski definition) is 0. The molecule has 1 atom stereocenters. The molecule has 0 saturated heterocycles. The van der Waals surface area contributed by atoms with Crippen LogP contribution < -0.4 is 4.74 Å². The van der Waals surface area contributed by atoms with E-state index < -0.39 is 30.3 Å². The number of carbonyl (C=O) groups is 2. The Morgan fingerprint density at radius 3 is 2.64 bits per heavy atom. The van der Waals surface area contributed by atoms with Crippen LogP contribution in [0.15, 0.2) is 82.5 Å². The van der Waals surface area contributed by atoms with Crippen molar-refractivity contribution >= 4 is 23.7 Å². The first-order chi connectivity index (χ1) is 16.0. The van der Waals surface area contributed by atoms with Crippen LogP contribution in [0.1, 0.15) is 29.3 Å². The molecule has 33 heavy (non-hydrogen) atoms. The van der Waals surface area contributed by atoms with Gasteiger partial charge in [-0.15, -0.1) is 0 Å². The van der Waals surface area contributed by atoms with E-state index in [9.17, 15) is 14.0 Å². The Hall–Kier alpha value is -4.20. The SMILES string of the molecule is COc1ccc(C2=NN(C(=O)COC(=O)/C=C/c3ccccc3F)C(c3ccco3)C2)cc1. The molecule has 1 aliphatic rings. The van der Waals surface area contributed by atoms with Crippen molar-refractivity contribution in [3.63, 3.8) is 0 Å². The van der Waals surface area contributed by atoms with Crippen molar-refractivity contribution in [3.05, 3.63) is 95.7 Å². The number of nitrogens with zero attached hydrogens (tertiary/aromatic N) is 2. The Labute approximate surface area is 189 Å².